The van der Waals surface area contributed by atoms with Gasteiger partial charge in [0.15, 0.2) is 0 Å². The largest absolute Gasteiger partial charge is 0.494 e. The van der Waals surface area contributed by atoms with E-state index in [1.54, 1.807) is 13.0 Å². The van der Waals surface area contributed by atoms with E-state index in [2.05, 4.69) is 4.72 Å². The molecule has 0 amide bonds. The van der Waals surface area contributed by atoms with Crippen LogP contribution in [0.25, 0.3) is 0 Å². The molecule has 2 rings (SSSR count). The van der Waals surface area contributed by atoms with Crippen LogP contribution in [0.4, 0.5) is 10.1 Å². The zero-order valence-corrected chi connectivity index (χ0v) is 12.6. The molecule has 0 radical (unpaired) electrons. The van der Waals surface area contributed by atoms with Crippen LogP contribution >= 0.6 is 0 Å². The Morgan fingerprint density at radius 1 is 1.14 bits per heavy atom. The minimum atomic E-state index is -3.71. The number of ether oxygens (including phenoxy) is 1. The molecule has 21 heavy (non-hydrogen) atoms. The van der Waals surface area contributed by atoms with E-state index in [-0.39, 0.29) is 4.90 Å². The van der Waals surface area contributed by atoms with Crippen molar-refractivity contribution < 1.29 is 17.5 Å². The summed E-state index contributed by atoms with van der Waals surface area (Å²) in [6, 6.07) is 9.77. The molecule has 0 aromatic heterocycles. The van der Waals surface area contributed by atoms with Crippen LogP contribution in [0.2, 0.25) is 0 Å². The van der Waals surface area contributed by atoms with Crippen molar-refractivity contribution in [1.82, 2.24) is 0 Å². The third-order valence-corrected chi connectivity index (χ3v) is 4.23. The molecule has 0 unspecified atom stereocenters. The predicted molar refractivity (Wildman–Crippen MR) is 79.6 cm³/mol. The van der Waals surface area contributed by atoms with Crippen LogP contribution in [0.3, 0.4) is 0 Å². The van der Waals surface area contributed by atoms with Gasteiger partial charge in [0.2, 0.25) is 0 Å². The zero-order chi connectivity index (χ0) is 15.5. The number of rotatable bonds is 5. The van der Waals surface area contributed by atoms with Gasteiger partial charge in [-0.25, -0.2) is 12.8 Å². The van der Waals surface area contributed by atoms with Gasteiger partial charge < -0.3 is 4.74 Å². The summed E-state index contributed by atoms with van der Waals surface area (Å²) >= 11 is 0. The lowest BCUT2D eigenvalue weighted by Gasteiger charge is -2.11. The van der Waals surface area contributed by atoms with E-state index in [1.807, 2.05) is 6.92 Å². The molecule has 0 aliphatic carbocycles. The Kier molecular flexibility index (Phi) is 4.47. The highest BCUT2D eigenvalue weighted by Gasteiger charge is 2.15. The lowest BCUT2D eigenvalue weighted by molar-refractivity contribution is 0.337. The summed E-state index contributed by atoms with van der Waals surface area (Å²) in [7, 11) is -3.71. The van der Waals surface area contributed by atoms with Crippen LogP contribution in [0, 0.1) is 12.7 Å². The van der Waals surface area contributed by atoms with Crippen molar-refractivity contribution in [3.8, 4) is 5.75 Å². The summed E-state index contributed by atoms with van der Waals surface area (Å²) in [5.41, 5.74) is 1.04. The Labute approximate surface area is 123 Å². The monoisotopic (exact) mass is 309 g/mol. The molecule has 0 saturated carbocycles. The number of benzene rings is 2. The number of hydrogen-bond donors (Lipinski definition) is 1. The molecule has 4 nitrogen and oxygen atoms in total. The second-order valence-electron chi connectivity index (χ2n) is 4.47. The maximum Gasteiger partial charge on any atom is 0.261 e. The lowest BCUT2D eigenvalue weighted by Crippen LogP contribution is -2.13. The minimum absolute atomic E-state index is 0.132. The normalized spacial score (nSPS) is 11.2. The van der Waals surface area contributed by atoms with Gasteiger partial charge in [0.25, 0.3) is 10.0 Å². The van der Waals surface area contributed by atoms with Crippen LogP contribution in [0.5, 0.6) is 5.75 Å². The first-order valence-corrected chi connectivity index (χ1v) is 7.92. The molecule has 1 N–H and O–H groups in total. The van der Waals surface area contributed by atoms with Gasteiger partial charge in [0.05, 0.1) is 11.5 Å². The Morgan fingerprint density at radius 2 is 1.81 bits per heavy atom. The molecule has 2 aromatic rings. The van der Waals surface area contributed by atoms with Crippen molar-refractivity contribution in [3.63, 3.8) is 0 Å². The number of hydrogen-bond acceptors (Lipinski definition) is 3. The van der Waals surface area contributed by atoms with Crippen LogP contribution < -0.4 is 9.46 Å². The van der Waals surface area contributed by atoms with E-state index in [0.29, 0.717) is 18.0 Å². The van der Waals surface area contributed by atoms with Crippen molar-refractivity contribution in [1.29, 1.82) is 0 Å². The van der Waals surface area contributed by atoms with Gasteiger partial charge in [-0.05, 0) is 61.9 Å². The molecule has 0 heterocycles. The average Bonchev–Trinajstić information content (AvgIpc) is 2.43. The van der Waals surface area contributed by atoms with E-state index in [9.17, 15) is 12.8 Å². The van der Waals surface area contributed by atoms with Gasteiger partial charge in [-0.2, -0.15) is 0 Å². The minimum Gasteiger partial charge on any atom is -0.494 e. The Hall–Kier alpha value is -2.08. The van der Waals surface area contributed by atoms with Gasteiger partial charge in [-0.1, -0.05) is 0 Å². The highest BCUT2D eigenvalue weighted by atomic mass is 32.2. The summed E-state index contributed by atoms with van der Waals surface area (Å²) in [6.07, 6.45) is 0. The third kappa shape index (κ3) is 3.72. The Balaban J connectivity index is 2.27. The van der Waals surface area contributed by atoms with Gasteiger partial charge in [0.1, 0.15) is 11.6 Å². The fraction of sp³-hybridized carbons (Fsp3) is 0.200. The van der Waals surface area contributed by atoms with E-state index < -0.39 is 15.8 Å². The molecule has 112 valence electrons. The average molecular weight is 309 g/mol. The Morgan fingerprint density at radius 3 is 2.38 bits per heavy atom. The summed E-state index contributed by atoms with van der Waals surface area (Å²) in [5.74, 6) is 0.230. The maximum absolute atomic E-state index is 12.8. The fourth-order valence-electron chi connectivity index (χ4n) is 1.84. The standard InChI is InChI=1S/C15H16FNO3S/c1-3-20-15-9-8-14(10-11(15)2)21(18,19)17-13-6-4-12(16)5-7-13/h4-10,17H,3H2,1-2H3. The number of halogens is 1. The first kappa shape index (κ1) is 15.3. The van der Waals surface area contributed by atoms with Crippen LogP contribution in [-0.4, -0.2) is 15.0 Å². The van der Waals surface area contributed by atoms with Crippen molar-refractivity contribution >= 4 is 15.7 Å². The molecular weight excluding hydrogens is 293 g/mol. The van der Waals surface area contributed by atoms with Gasteiger partial charge in [0, 0.05) is 5.69 Å². The molecular formula is C15H16FNO3S. The first-order chi connectivity index (χ1) is 9.92. The van der Waals surface area contributed by atoms with E-state index >= 15 is 0 Å². The smallest absolute Gasteiger partial charge is 0.261 e. The highest BCUT2D eigenvalue weighted by molar-refractivity contribution is 7.92. The SMILES string of the molecule is CCOc1ccc(S(=O)(=O)Nc2ccc(F)cc2)cc1C. The van der Waals surface area contributed by atoms with E-state index in [1.165, 1.54) is 36.4 Å². The van der Waals surface area contributed by atoms with E-state index in [4.69, 9.17) is 4.74 Å². The van der Waals surface area contributed by atoms with Crippen molar-refractivity contribution in [2.75, 3.05) is 11.3 Å². The summed E-state index contributed by atoms with van der Waals surface area (Å²) in [5, 5.41) is 0. The summed E-state index contributed by atoms with van der Waals surface area (Å²) < 4.78 is 45.1. The molecule has 0 aliphatic heterocycles. The van der Waals surface area contributed by atoms with Crippen molar-refractivity contribution in [2.45, 2.75) is 18.7 Å². The van der Waals surface area contributed by atoms with Crippen LogP contribution in [-0.2, 0) is 10.0 Å². The van der Waals surface area contributed by atoms with Crippen molar-refractivity contribution in [2.24, 2.45) is 0 Å². The molecule has 0 atom stereocenters. The third-order valence-electron chi connectivity index (χ3n) is 2.85. The van der Waals surface area contributed by atoms with Gasteiger partial charge in [-0.3, -0.25) is 4.72 Å². The molecule has 2 aromatic carbocycles. The molecule has 6 heteroatoms. The van der Waals surface area contributed by atoms with E-state index in [0.717, 1.165) is 5.56 Å². The Bertz CT molecular complexity index is 727. The number of aryl methyl sites for hydroxylation is 1. The highest BCUT2D eigenvalue weighted by Crippen LogP contribution is 2.23. The van der Waals surface area contributed by atoms with Gasteiger partial charge in [-0.15, -0.1) is 0 Å². The molecule has 0 fully saturated rings. The lowest BCUT2D eigenvalue weighted by atomic mass is 10.2. The molecule has 0 aliphatic rings. The van der Waals surface area contributed by atoms with Crippen LogP contribution in [0.15, 0.2) is 47.4 Å². The first-order valence-electron chi connectivity index (χ1n) is 6.44. The molecule has 0 spiro atoms. The number of nitrogens with one attached hydrogen (secondary N) is 1. The summed E-state index contributed by atoms with van der Waals surface area (Å²) in [4.78, 5) is 0.132. The second-order valence-corrected chi connectivity index (χ2v) is 6.16. The number of sulfonamides is 1. The maximum atomic E-state index is 12.8. The number of anilines is 1. The van der Waals surface area contributed by atoms with Crippen LogP contribution in [0.1, 0.15) is 12.5 Å². The second kappa shape index (κ2) is 6.13. The van der Waals surface area contributed by atoms with Crippen molar-refractivity contribution in [3.05, 3.63) is 53.8 Å². The van der Waals surface area contributed by atoms with Gasteiger partial charge >= 0.3 is 0 Å². The zero-order valence-electron chi connectivity index (χ0n) is 11.8. The predicted octanol–water partition coefficient (Wildman–Crippen LogP) is 3.33. The molecule has 0 saturated heterocycles. The fourth-order valence-corrected chi connectivity index (χ4v) is 2.98. The quantitative estimate of drug-likeness (QED) is 0.921. The topological polar surface area (TPSA) is 55.4 Å². The summed E-state index contributed by atoms with van der Waals surface area (Å²) in [6.45, 7) is 4.16. The molecule has 0 bridgehead atoms.